The van der Waals surface area contributed by atoms with Gasteiger partial charge < -0.3 is 18.8 Å². The van der Waals surface area contributed by atoms with E-state index in [1.807, 2.05) is 43.2 Å². The maximum absolute atomic E-state index is 12.9. The second-order valence-electron chi connectivity index (χ2n) is 9.36. The third kappa shape index (κ3) is 3.79. The number of aromatic nitrogens is 2. The second-order valence-corrected chi connectivity index (χ2v) is 10.3. The van der Waals surface area contributed by atoms with Gasteiger partial charge >= 0.3 is 6.09 Å². The summed E-state index contributed by atoms with van der Waals surface area (Å²) in [6.45, 7) is 7.04. The van der Waals surface area contributed by atoms with Gasteiger partial charge in [0.05, 0.1) is 24.8 Å². The third-order valence-electron chi connectivity index (χ3n) is 5.98. The Kier molecular flexibility index (Phi) is 5.23. The van der Waals surface area contributed by atoms with Crippen LogP contribution in [0, 0.1) is 0 Å². The molecule has 0 saturated carbocycles. The molecule has 2 aliphatic heterocycles. The van der Waals surface area contributed by atoms with Crippen LogP contribution in [-0.2, 0) is 4.74 Å². The Balaban J connectivity index is 1.47. The van der Waals surface area contributed by atoms with Crippen molar-refractivity contribution in [2.45, 2.75) is 57.7 Å². The molecule has 2 aromatic heterocycles. The minimum absolute atomic E-state index is 0.0766. The molecule has 0 radical (unpaired) electrons. The topological polar surface area (TPSA) is 80.9 Å². The van der Waals surface area contributed by atoms with Crippen molar-refractivity contribution in [2.24, 2.45) is 0 Å². The number of thiazole rings is 1. The van der Waals surface area contributed by atoms with Crippen LogP contribution in [0.2, 0.25) is 0 Å². The maximum Gasteiger partial charge on any atom is 0.410 e. The molecule has 1 aromatic carbocycles. The molecule has 5 rings (SSSR count). The summed E-state index contributed by atoms with van der Waals surface area (Å²) in [5.74, 6) is 0.669. The quantitative estimate of drug-likeness (QED) is 0.552. The van der Waals surface area contributed by atoms with Gasteiger partial charge in [-0.2, -0.15) is 4.98 Å². The highest BCUT2D eigenvalue weighted by atomic mass is 32.1. The molecule has 2 fully saturated rings. The molecule has 8 nitrogen and oxygen atoms in total. The van der Waals surface area contributed by atoms with E-state index in [4.69, 9.17) is 18.9 Å². The van der Waals surface area contributed by atoms with Gasteiger partial charge in [-0.15, -0.1) is 11.3 Å². The van der Waals surface area contributed by atoms with Gasteiger partial charge in [0.15, 0.2) is 11.1 Å². The van der Waals surface area contributed by atoms with Crippen LogP contribution in [-0.4, -0.2) is 58.8 Å². The summed E-state index contributed by atoms with van der Waals surface area (Å²) in [4.78, 5) is 26.2. The maximum atomic E-state index is 12.9. The van der Waals surface area contributed by atoms with Crippen molar-refractivity contribution in [3.8, 4) is 16.3 Å². The summed E-state index contributed by atoms with van der Waals surface area (Å²) in [5.41, 5.74) is 1.76. The van der Waals surface area contributed by atoms with Crippen LogP contribution in [0.1, 0.15) is 40.0 Å². The van der Waals surface area contributed by atoms with E-state index in [0.29, 0.717) is 36.0 Å². The summed E-state index contributed by atoms with van der Waals surface area (Å²) >= 11 is 1.56. The van der Waals surface area contributed by atoms with Crippen LogP contribution in [0.5, 0.6) is 5.75 Å². The van der Waals surface area contributed by atoms with E-state index >= 15 is 0 Å². The number of amides is 1. The Labute approximate surface area is 191 Å². The van der Waals surface area contributed by atoms with Gasteiger partial charge in [0, 0.05) is 24.7 Å². The van der Waals surface area contributed by atoms with Crippen LogP contribution < -0.4 is 9.64 Å². The highest BCUT2D eigenvalue weighted by Gasteiger charge is 2.43. The van der Waals surface area contributed by atoms with Gasteiger partial charge in [0.2, 0.25) is 0 Å². The number of ether oxygens (including phenoxy) is 2. The summed E-state index contributed by atoms with van der Waals surface area (Å²) in [5, 5.41) is 2.83. The molecule has 4 heterocycles. The Morgan fingerprint density at radius 2 is 1.97 bits per heavy atom. The first-order valence-electron chi connectivity index (χ1n) is 11.0. The Bertz CT molecular complexity index is 1110. The number of benzene rings is 1. The molecular formula is C23H28N4O4S. The molecule has 3 aromatic rings. The third-order valence-corrected chi connectivity index (χ3v) is 6.78. The molecule has 1 amide bonds. The number of hydrogen-bond donors (Lipinski definition) is 0. The van der Waals surface area contributed by atoms with Gasteiger partial charge in [0.1, 0.15) is 16.4 Å². The fraction of sp³-hybridized carbons (Fsp3) is 0.522. The standard InChI is InChI=1S/C23H28N4O4S/c1-23(2,3)31-22(28)27-14-6-5-7-15(27)13-26(12-14)21-25-18-17(29-4)9-8-16(19(18)30-21)20-24-10-11-32-20/h8-11,14-15H,5-7,12-13H2,1-4H3. The first-order chi connectivity index (χ1) is 15.3. The molecule has 2 unspecified atom stereocenters. The zero-order valence-corrected chi connectivity index (χ0v) is 19.6. The van der Waals surface area contributed by atoms with Crippen molar-refractivity contribution in [3.63, 3.8) is 0 Å². The molecule has 9 heteroatoms. The molecule has 0 N–H and O–H groups in total. The number of nitrogens with zero attached hydrogens (tertiary/aromatic N) is 4. The van der Waals surface area contributed by atoms with Gasteiger partial charge in [-0.1, -0.05) is 0 Å². The van der Waals surface area contributed by atoms with Crippen molar-refractivity contribution >= 4 is 34.5 Å². The number of piperazine rings is 1. The largest absolute Gasteiger partial charge is 0.494 e. The monoisotopic (exact) mass is 456 g/mol. The first kappa shape index (κ1) is 21.1. The lowest BCUT2D eigenvalue weighted by atomic mass is 9.92. The Hall–Kier alpha value is -2.81. The molecule has 2 saturated heterocycles. The highest BCUT2D eigenvalue weighted by Crippen LogP contribution is 2.39. The van der Waals surface area contributed by atoms with Gasteiger partial charge in [0.25, 0.3) is 6.01 Å². The molecule has 0 aliphatic carbocycles. The van der Waals surface area contributed by atoms with Crippen LogP contribution in [0.15, 0.2) is 28.1 Å². The molecule has 32 heavy (non-hydrogen) atoms. The van der Waals surface area contributed by atoms with Crippen LogP contribution in [0.25, 0.3) is 21.7 Å². The number of oxazole rings is 1. The second kappa shape index (κ2) is 7.95. The van der Waals surface area contributed by atoms with Crippen molar-refractivity contribution in [3.05, 3.63) is 23.7 Å². The van der Waals surface area contributed by atoms with E-state index in [1.165, 1.54) is 0 Å². The van der Waals surface area contributed by atoms with E-state index < -0.39 is 5.60 Å². The zero-order chi connectivity index (χ0) is 22.5. The molecule has 0 spiro atoms. The Morgan fingerprint density at radius 3 is 2.59 bits per heavy atom. The Morgan fingerprint density at radius 1 is 1.22 bits per heavy atom. The smallest absolute Gasteiger partial charge is 0.410 e. The van der Waals surface area contributed by atoms with Crippen LogP contribution in [0.3, 0.4) is 0 Å². The van der Waals surface area contributed by atoms with Crippen molar-refractivity contribution in [1.82, 2.24) is 14.9 Å². The number of fused-ring (bicyclic) bond motifs is 3. The van der Waals surface area contributed by atoms with Crippen LogP contribution >= 0.6 is 11.3 Å². The lowest BCUT2D eigenvalue weighted by molar-refractivity contribution is -0.0102. The molecule has 2 bridgehead atoms. The number of carbonyl (C=O) groups excluding carboxylic acids is 1. The van der Waals surface area contributed by atoms with Crippen molar-refractivity contribution < 1.29 is 18.7 Å². The average molecular weight is 457 g/mol. The molecule has 2 atom stereocenters. The highest BCUT2D eigenvalue weighted by molar-refractivity contribution is 7.13. The SMILES string of the molecule is COc1ccc(-c2nccs2)c2oc(N3CC4CCCC(C3)N4C(=O)OC(C)(C)C)nc12. The fourth-order valence-corrected chi connectivity index (χ4v) is 5.33. The molecule has 170 valence electrons. The van der Waals surface area contributed by atoms with Gasteiger partial charge in [-0.25, -0.2) is 9.78 Å². The van der Waals surface area contributed by atoms with Gasteiger partial charge in [-0.3, -0.25) is 4.90 Å². The number of rotatable bonds is 3. The normalized spacial score (nSPS) is 21.1. The summed E-state index contributed by atoms with van der Waals surface area (Å²) in [6.07, 6.45) is 4.56. The van der Waals surface area contributed by atoms with Crippen molar-refractivity contribution in [1.29, 1.82) is 0 Å². The van der Waals surface area contributed by atoms with E-state index in [2.05, 4.69) is 9.88 Å². The zero-order valence-electron chi connectivity index (χ0n) is 18.8. The average Bonchev–Trinajstić information content (AvgIpc) is 3.41. The predicted octanol–water partition coefficient (Wildman–Crippen LogP) is 4.94. The number of anilines is 1. The lowest BCUT2D eigenvalue weighted by Gasteiger charge is -2.49. The van der Waals surface area contributed by atoms with E-state index in [9.17, 15) is 4.79 Å². The number of piperidine rings is 1. The molecule has 2 aliphatic rings. The fourth-order valence-electron chi connectivity index (χ4n) is 4.67. The molecular weight excluding hydrogens is 428 g/mol. The lowest BCUT2D eigenvalue weighted by Crippen LogP contribution is -2.63. The minimum atomic E-state index is -0.508. The van der Waals surface area contributed by atoms with E-state index in [1.54, 1.807) is 24.6 Å². The summed E-state index contributed by atoms with van der Waals surface area (Å²) in [7, 11) is 1.64. The van der Waals surface area contributed by atoms with E-state index in [-0.39, 0.29) is 18.2 Å². The predicted molar refractivity (Wildman–Crippen MR) is 123 cm³/mol. The summed E-state index contributed by atoms with van der Waals surface area (Å²) < 4.78 is 17.6. The van der Waals surface area contributed by atoms with Crippen molar-refractivity contribution in [2.75, 3.05) is 25.1 Å². The number of hydrogen-bond acceptors (Lipinski definition) is 8. The minimum Gasteiger partial charge on any atom is -0.494 e. The summed E-state index contributed by atoms with van der Waals surface area (Å²) in [6, 6.07) is 4.58. The first-order valence-corrected chi connectivity index (χ1v) is 11.9. The number of methoxy groups -OCH3 is 1. The van der Waals surface area contributed by atoms with Crippen LogP contribution in [0.4, 0.5) is 10.8 Å². The number of carbonyl (C=O) groups is 1. The van der Waals surface area contributed by atoms with Gasteiger partial charge in [-0.05, 0) is 52.2 Å². The van der Waals surface area contributed by atoms with E-state index in [0.717, 1.165) is 29.8 Å².